The van der Waals surface area contributed by atoms with Gasteiger partial charge in [-0.2, -0.15) is 0 Å². The summed E-state index contributed by atoms with van der Waals surface area (Å²) in [4.78, 5) is 32.7. The van der Waals surface area contributed by atoms with E-state index in [-0.39, 0.29) is 41.7 Å². The Morgan fingerprint density at radius 3 is 2.37 bits per heavy atom. The molecule has 4 rings (SSSR count). The maximum absolute atomic E-state index is 13.7. The molecule has 1 aromatic carbocycles. The molecule has 0 saturated carbocycles. The molecule has 0 radical (unpaired) electrons. The largest absolute Gasteiger partial charge is 0.380 e. The summed E-state index contributed by atoms with van der Waals surface area (Å²) in [7, 11) is 2.00. The molecule has 0 aromatic heterocycles. The Balaban J connectivity index is 1.57. The number of hydrogen-bond acceptors (Lipinski definition) is 4. The number of carbonyl (C=O) groups is 2. The Kier molecular flexibility index (Phi) is 6.37. The molecular weight excluding hydrogens is 402 g/mol. The smallest absolute Gasteiger partial charge is 0.247 e. The number of benzene rings is 1. The van der Waals surface area contributed by atoms with Gasteiger partial charge < -0.3 is 14.5 Å². The molecule has 3 aliphatic heterocycles. The summed E-state index contributed by atoms with van der Waals surface area (Å²) in [5.41, 5.74) is 2.32. The lowest BCUT2D eigenvalue weighted by Crippen LogP contribution is -2.69. The molecule has 6 nitrogen and oxygen atoms in total. The zero-order chi connectivity index (χ0) is 21.4. The highest BCUT2D eigenvalue weighted by Gasteiger charge is 2.49. The number of ether oxygens (including phenoxy) is 1. The molecular formula is C23H32ClN3O3. The highest BCUT2D eigenvalue weighted by molar-refractivity contribution is 6.20. The normalized spacial score (nSPS) is 31.2. The highest BCUT2D eigenvalue weighted by Crippen LogP contribution is 2.33. The van der Waals surface area contributed by atoms with Crippen molar-refractivity contribution < 1.29 is 14.3 Å². The summed E-state index contributed by atoms with van der Waals surface area (Å²) in [6.07, 6.45) is 1.74. The number of likely N-dealkylation sites (tertiary alicyclic amines) is 1. The number of piperidine rings is 1. The van der Waals surface area contributed by atoms with Crippen LogP contribution >= 0.6 is 11.6 Å². The standard InChI is InChI=1S/C23H32ClN3O3/c1-4-16-5-7-17(8-6-16)10-26-20(28)12-27(23(29)21(26)18-13-30-14-18)22-15(2)9-19(24)11-25(22)3/h5-8,15,18-19,21-22H,4,9-14H2,1-3H3. The van der Waals surface area contributed by atoms with Gasteiger partial charge in [0.2, 0.25) is 11.8 Å². The molecule has 1 aromatic rings. The third kappa shape index (κ3) is 4.10. The zero-order valence-electron chi connectivity index (χ0n) is 18.1. The molecule has 0 aliphatic carbocycles. The summed E-state index contributed by atoms with van der Waals surface area (Å²) < 4.78 is 5.40. The quantitative estimate of drug-likeness (QED) is 0.669. The van der Waals surface area contributed by atoms with Crippen LogP contribution in [0, 0.1) is 11.8 Å². The van der Waals surface area contributed by atoms with Crippen LogP contribution in [-0.4, -0.2) is 77.4 Å². The van der Waals surface area contributed by atoms with Crippen molar-refractivity contribution in [3.05, 3.63) is 35.4 Å². The average Bonchev–Trinajstić information content (AvgIpc) is 2.66. The molecule has 3 aliphatic rings. The second-order valence-corrected chi connectivity index (χ2v) is 9.68. The van der Waals surface area contributed by atoms with Crippen molar-refractivity contribution in [2.24, 2.45) is 11.8 Å². The predicted octanol–water partition coefficient (Wildman–Crippen LogP) is 2.34. The number of aryl methyl sites for hydroxylation is 1. The Morgan fingerprint density at radius 1 is 1.13 bits per heavy atom. The minimum atomic E-state index is -0.458. The number of nitrogens with zero attached hydrogens (tertiary/aromatic N) is 3. The maximum Gasteiger partial charge on any atom is 0.247 e. The molecule has 0 N–H and O–H groups in total. The minimum Gasteiger partial charge on any atom is -0.380 e. The third-order valence-corrected chi connectivity index (χ3v) is 7.10. The van der Waals surface area contributed by atoms with Crippen molar-refractivity contribution in [1.82, 2.24) is 14.7 Å². The Morgan fingerprint density at radius 2 is 1.80 bits per heavy atom. The zero-order valence-corrected chi connectivity index (χ0v) is 18.8. The van der Waals surface area contributed by atoms with Crippen LogP contribution in [0.5, 0.6) is 0 Å². The molecule has 4 atom stereocenters. The van der Waals surface area contributed by atoms with Crippen LogP contribution in [0.25, 0.3) is 0 Å². The fourth-order valence-electron chi connectivity index (χ4n) is 5.15. The second-order valence-electron chi connectivity index (χ2n) is 9.06. The number of rotatable bonds is 5. The van der Waals surface area contributed by atoms with Crippen LogP contribution in [-0.2, 0) is 27.3 Å². The lowest BCUT2D eigenvalue weighted by molar-refractivity contribution is -0.176. The van der Waals surface area contributed by atoms with Gasteiger partial charge in [-0.15, -0.1) is 11.6 Å². The number of halogens is 1. The minimum absolute atomic E-state index is 0.0136. The highest BCUT2D eigenvalue weighted by atomic mass is 35.5. The first-order valence-electron chi connectivity index (χ1n) is 11.0. The van der Waals surface area contributed by atoms with Gasteiger partial charge in [-0.05, 0) is 36.9 Å². The SMILES string of the molecule is CCc1ccc(CN2C(=O)CN(C3C(C)CC(Cl)CN3C)C(=O)C2C2COC2)cc1. The van der Waals surface area contributed by atoms with Gasteiger partial charge in [-0.3, -0.25) is 14.5 Å². The van der Waals surface area contributed by atoms with Gasteiger partial charge in [0.25, 0.3) is 0 Å². The van der Waals surface area contributed by atoms with Crippen LogP contribution in [0.15, 0.2) is 24.3 Å². The van der Waals surface area contributed by atoms with E-state index >= 15 is 0 Å². The predicted molar refractivity (Wildman–Crippen MR) is 116 cm³/mol. The van der Waals surface area contributed by atoms with E-state index < -0.39 is 6.04 Å². The Hall–Kier alpha value is -1.63. The van der Waals surface area contributed by atoms with Gasteiger partial charge in [-0.25, -0.2) is 0 Å². The van der Waals surface area contributed by atoms with Gasteiger partial charge in [0.05, 0.1) is 19.4 Å². The topological polar surface area (TPSA) is 53.1 Å². The van der Waals surface area contributed by atoms with Gasteiger partial charge in [0, 0.05) is 24.4 Å². The van der Waals surface area contributed by atoms with E-state index in [2.05, 4.69) is 43.0 Å². The van der Waals surface area contributed by atoms with E-state index in [0.29, 0.717) is 19.8 Å². The number of carbonyl (C=O) groups excluding carboxylic acids is 2. The van der Waals surface area contributed by atoms with Crippen LogP contribution in [0.4, 0.5) is 0 Å². The van der Waals surface area contributed by atoms with Crippen LogP contribution in [0.1, 0.15) is 31.4 Å². The molecule has 30 heavy (non-hydrogen) atoms. The summed E-state index contributed by atoms with van der Waals surface area (Å²) in [5.74, 6) is 0.336. The van der Waals surface area contributed by atoms with Crippen molar-refractivity contribution >= 4 is 23.4 Å². The van der Waals surface area contributed by atoms with E-state index in [4.69, 9.17) is 16.3 Å². The molecule has 4 unspecified atom stereocenters. The van der Waals surface area contributed by atoms with E-state index in [1.165, 1.54) is 5.56 Å². The summed E-state index contributed by atoms with van der Waals surface area (Å²) >= 11 is 6.38. The van der Waals surface area contributed by atoms with Crippen molar-refractivity contribution in [1.29, 1.82) is 0 Å². The molecule has 164 valence electrons. The number of hydrogen-bond donors (Lipinski definition) is 0. The maximum atomic E-state index is 13.7. The fourth-order valence-corrected chi connectivity index (χ4v) is 5.65. The second kappa shape index (κ2) is 8.85. The monoisotopic (exact) mass is 433 g/mol. The summed E-state index contributed by atoms with van der Waals surface area (Å²) in [6, 6.07) is 7.87. The number of alkyl halides is 1. The first-order chi connectivity index (χ1) is 14.4. The van der Waals surface area contributed by atoms with E-state index in [0.717, 1.165) is 24.9 Å². The average molecular weight is 434 g/mol. The van der Waals surface area contributed by atoms with E-state index in [1.807, 2.05) is 7.05 Å². The number of amides is 2. The lowest BCUT2D eigenvalue weighted by Gasteiger charge is -2.52. The van der Waals surface area contributed by atoms with Gasteiger partial charge in [0.1, 0.15) is 12.6 Å². The Bertz CT molecular complexity index is 770. The number of piperazine rings is 1. The molecule has 3 saturated heterocycles. The molecule has 7 heteroatoms. The van der Waals surface area contributed by atoms with Gasteiger partial charge >= 0.3 is 0 Å². The van der Waals surface area contributed by atoms with E-state index in [1.54, 1.807) is 9.80 Å². The fraction of sp³-hybridized carbons (Fsp3) is 0.652. The Labute approximate surface area is 184 Å². The van der Waals surface area contributed by atoms with Crippen LogP contribution in [0.3, 0.4) is 0 Å². The molecule has 0 bridgehead atoms. The van der Waals surface area contributed by atoms with Crippen molar-refractivity contribution in [2.45, 2.75) is 50.8 Å². The molecule has 3 heterocycles. The summed E-state index contributed by atoms with van der Waals surface area (Å²) in [6.45, 7) is 6.62. The van der Waals surface area contributed by atoms with Gasteiger partial charge in [0.15, 0.2) is 0 Å². The first kappa shape index (κ1) is 21.6. The first-order valence-corrected chi connectivity index (χ1v) is 11.4. The molecule has 2 amide bonds. The van der Waals surface area contributed by atoms with Crippen molar-refractivity contribution in [3.63, 3.8) is 0 Å². The van der Waals surface area contributed by atoms with Gasteiger partial charge in [-0.1, -0.05) is 38.1 Å². The van der Waals surface area contributed by atoms with Crippen molar-refractivity contribution in [3.8, 4) is 0 Å². The molecule has 3 fully saturated rings. The van der Waals surface area contributed by atoms with Crippen molar-refractivity contribution in [2.75, 3.05) is 33.4 Å². The summed E-state index contributed by atoms with van der Waals surface area (Å²) in [5, 5.41) is 0.0789. The molecule has 0 spiro atoms. The third-order valence-electron chi connectivity index (χ3n) is 6.79. The van der Waals surface area contributed by atoms with Crippen LogP contribution < -0.4 is 0 Å². The van der Waals surface area contributed by atoms with Crippen LogP contribution in [0.2, 0.25) is 0 Å². The lowest BCUT2D eigenvalue weighted by atomic mass is 9.89. The van der Waals surface area contributed by atoms with E-state index in [9.17, 15) is 9.59 Å².